The van der Waals surface area contributed by atoms with E-state index in [4.69, 9.17) is 0 Å². The molecule has 154 valence electrons. The second-order valence-corrected chi connectivity index (χ2v) is 8.42. The number of carbonyl (C=O) groups excluding carboxylic acids is 1. The van der Waals surface area contributed by atoms with E-state index in [9.17, 15) is 4.79 Å². The summed E-state index contributed by atoms with van der Waals surface area (Å²) in [6.07, 6.45) is 9.51. The molecular weight excluding hydrogens is 340 g/mol. The Labute approximate surface area is 174 Å². The van der Waals surface area contributed by atoms with Crippen molar-refractivity contribution in [2.75, 3.05) is 0 Å². The first-order valence-electron chi connectivity index (χ1n) is 11.1. The van der Waals surface area contributed by atoms with Crippen LogP contribution in [0.1, 0.15) is 87.9 Å². The second kappa shape index (κ2) is 11.8. The Hall–Kier alpha value is -1.89. The molecule has 1 nitrogen and oxygen atoms in total. The van der Waals surface area contributed by atoms with Crippen LogP contribution in [0.2, 0.25) is 0 Å². The molecule has 1 heteroatoms. The average molecular weight is 381 g/mol. The summed E-state index contributed by atoms with van der Waals surface area (Å²) in [6.45, 7) is 8.65. The van der Waals surface area contributed by atoms with E-state index in [-0.39, 0.29) is 1.43 Å². The van der Waals surface area contributed by atoms with Gasteiger partial charge in [0.05, 0.1) is 0 Å². The number of aryl methyl sites for hydroxylation is 2. The van der Waals surface area contributed by atoms with Crippen molar-refractivity contribution >= 4 is 5.78 Å². The highest BCUT2D eigenvalue weighted by molar-refractivity contribution is 5.81. The van der Waals surface area contributed by atoms with Crippen LogP contribution in [0.3, 0.4) is 0 Å². The lowest BCUT2D eigenvalue weighted by Crippen LogP contribution is -2.21. The van der Waals surface area contributed by atoms with Crippen molar-refractivity contribution in [1.29, 1.82) is 0 Å². The molecule has 0 heterocycles. The van der Waals surface area contributed by atoms with Gasteiger partial charge in [-0.25, -0.2) is 0 Å². The molecule has 0 bridgehead atoms. The van der Waals surface area contributed by atoms with Crippen LogP contribution < -0.4 is 0 Å². The second-order valence-electron chi connectivity index (χ2n) is 8.42. The van der Waals surface area contributed by atoms with E-state index in [1.165, 1.54) is 48.8 Å². The molecule has 2 saturated carbocycles. The maximum atomic E-state index is 11.2. The van der Waals surface area contributed by atoms with Gasteiger partial charge in [-0.1, -0.05) is 73.9 Å². The molecule has 0 spiro atoms. The van der Waals surface area contributed by atoms with Crippen LogP contribution in [-0.2, 0) is 4.79 Å². The number of benzene rings is 2. The van der Waals surface area contributed by atoms with Crippen molar-refractivity contribution in [3.63, 3.8) is 0 Å². The Morgan fingerprint density at radius 2 is 1.61 bits per heavy atom. The Morgan fingerprint density at radius 3 is 2.07 bits per heavy atom. The van der Waals surface area contributed by atoms with E-state index < -0.39 is 0 Å². The molecule has 0 aromatic heterocycles. The highest BCUT2D eigenvalue weighted by atomic mass is 16.1. The van der Waals surface area contributed by atoms with Gasteiger partial charge in [0, 0.05) is 13.8 Å². The Balaban J connectivity index is 0.000000219. The van der Waals surface area contributed by atoms with E-state index in [2.05, 4.69) is 58.0 Å². The molecule has 0 N–H and O–H groups in total. The molecule has 2 aromatic carbocycles. The van der Waals surface area contributed by atoms with Gasteiger partial charge in [-0.15, -0.1) is 0 Å². The summed E-state index contributed by atoms with van der Waals surface area (Å²) in [7, 11) is 0. The number of ketones is 1. The third-order valence-electron chi connectivity index (χ3n) is 5.94. The molecule has 2 aliphatic carbocycles. The van der Waals surface area contributed by atoms with E-state index >= 15 is 0 Å². The third kappa shape index (κ3) is 7.62. The Bertz CT molecular complexity index is 715. The minimum absolute atomic E-state index is 0. The fraction of sp³-hybridized carbons (Fsp3) is 0.519. The first kappa shape index (κ1) is 22.4. The molecule has 0 amide bonds. The summed E-state index contributed by atoms with van der Waals surface area (Å²) >= 11 is 0. The fourth-order valence-electron chi connectivity index (χ4n) is 3.43. The van der Waals surface area contributed by atoms with Crippen molar-refractivity contribution in [2.24, 2.45) is 5.92 Å². The quantitative estimate of drug-likeness (QED) is 0.514. The number of rotatable bonds is 5. The molecule has 4 rings (SSSR count). The van der Waals surface area contributed by atoms with Crippen molar-refractivity contribution in [3.05, 3.63) is 70.8 Å². The van der Waals surface area contributed by atoms with Gasteiger partial charge in [-0.3, -0.25) is 4.79 Å². The largest absolute Gasteiger partial charge is 0.299 e. The van der Waals surface area contributed by atoms with Crippen LogP contribution in [0.25, 0.3) is 0 Å². The normalized spacial score (nSPS) is 15.4. The van der Waals surface area contributed by atoms with E-state index in [1.807, 2.05) is 18.2 Å². The zero-order valence-electron chi connectivity index (χ0n) is 18.3. The van der Waals surface area contributed by atoms with E-state index in [0.29, 0.717) is 11.7 Å². The first-order chi connectivity index (χ1) is 13.5. The van der Waals surface area contributed by atoms with Crippen molar-refractivity contribution in [2.45, 2.75) is 85.0 Å². The Kier molecular flexibility index (Phi) is 9.47. The molecule has 0 radical (unpaired) electrons. The van der Waals surface area contributed by atoms with Crippen LogP contribution in [0.5, 0.6) is 0 Å². The standard InChI is InChI=1S/C11H14.C9H16O.C7H8.H2/c1-8-4-3-5-11(9(8)2)10-6-7-10;1-2-3-7-9(10)8-5-4-6-8;1-7-5-3-2-4-6-7;/h3-5,10H,6-7H2,1-2H3;8H,2-7H2,1H3;2-6H,1H3;1H. The van der Waals surface area contributed by atoms with Gasteiger partial charge in [-0.2, -0.15) is 0 Å². The molecular formula is C27H40O. The molecule has 0 saturated heterocycles. The van der Waals surface area contributed by atoms with Gasteiger partial charge >= 0.3 is 0 Å². The third-order valence-corrected chi connectivity index (χ3v) is 5.94. The van der Waals surface area contributed by atoms with Crippen LogP contribution in [0, 0.1) is 26.7 Å². The highest BCUT2D eigenvalue weighted by Gasteiger charge is 2.25. The molecule has 28 heavy (non-hydrogen) atoms. The van der Waals surface area contributed by atoms with Crippen molar-refractivity contribution in [3.8, 4) is 0 Å². The SMILES string of the molecule is CCCCC(=O)C1CCC1.Cc1cccc(C2CC2)c1C.Cc1ccccc1.[HH]. The van der Waals surface area contributed by atoms with E-state index in [0.717, 1.165) is 25.2 Å². The summed E-state index contributed by atoms with van der Waals surface area (Å²) in [5.74, 6) is 1.88. The number of unbranched alkanes of at least 4 members (excludes halogenated alkanes) is 1. The molecule has 2 fully saturated rings. The monoisotopic (exact) mass is 380 g/mol. The maximum Gasteiger partial charge on any atom is 0.135 e. The topological polar surface area (TPSA) is 17.1 Å². The number of carbonyl (C=O) groups is 1. The molecule has 2 aromatic rings. The zero-order valence-corrected chi connectivity index (χ0v) is 18.3. The minimum atomic E-state index is 0. The Morgan fingerprint density at radius 1 is 0.929 bits per heavy atom. The molecule has 0 aliphatic heterocycles. The van der Waals surface area contributed by atoms with E-state index in [1.54, 1.807) is 5.56 Å². The van der Waals surface area contributed by atoms with Gasteiger partial charge in [0.15, 0.2) is 0 Å². The molecule has 0 atom stereocenters. The lowest BCUT2D eigenvalue weighted by atomic mass is 9.81. The van der Waals surface area contributed by atoms with Crippen LogP contribution >= 0.6 is 0 Å². The smallest absolute Gasteiger partial charge is 0.135 e. The van der Waals surface area contributed by atoms with Gasteiger partial charge in [0.2, 0.25) is 0 Å². The molecule has 0 unspecified atom stereocenters. The number of hydrogen-bond donors (Lipinski definition) is 0. The predicted octanol–water partition coefficient (Wildman–Crippen LogP) is 7.97. The first-order valence-corrected chi connectivity index (χ1v) is 11.1. The number of hydrogen-bond acceptors (Lipinski definition) is 1. The van der Waals surface area contributed by atoms with Gasteiger partial charge < -0.3 is 0 Å². The predicted molar refractivity (Wildman–Crippen MR) is 123 cm³/mol. The van der Waals surface area contributed by atoms with Gasteiger partial charge in [-0.05, 0) is 75.5 Å². The maximum absolute atomic E-state index is 11.2. The van der Waals surface area contributed by atoms with Crippen molar-refractivity contribution < 1.29 is 6.22 Å². The van der Waals surface area contributed by atoms with Crippen LogP contribution in [0.15, 0.2) is 48.5 Å². The molecule has 2 aliphatic rings. The fourth-order valence-corrected chi connectivity index (χ4v) is 3.43. The summed E-state index contributed by atoms with van der Waals surface area (Å²) in [6, 6.07) is 16.9. The lowest BCUT2D eigenvalue weighted by molar-refractivity contribution is -0.125. The summed E-state index contributed by atoms with van der Waals surface area (Å²) in [4.78, 5) is 11.2. The highest BCUT2D eigenvalue weighted by Crippen LogP contribution is 2.41. The average Bonchev–Trinajstić information content (AvgIpc) is 3.48. The minimum Gasteiger partial charge on any atom is -0.299 e. The summed E-state index contributed by atoms with van der Waals surface area (Å²) in [5.41, 5.74) is 5.86. The summed E-state index contributed by atoms with van der Waals surface area (Å²) < 4.78 is 0. The van der Waals surface area contributed by atoms with Gasteiger partial charge in [0.25, 0.3) is 0 Å². The zero-order chi connectivity index (χ0) is 20.4. The van der Waals surface area contributed by atoms with Crippen LogP contribution in [-0.4, -0.2) is 5.78 Å². The van der Waals surface area contributed by atoms with Crippen molar-refractivity contribution in [1.82, 2.24) is 0 Å². The lowest BCUT2D eigenvalue weighted by Gasteiger charge is -2.23. The van der Waals surface area contributed by atoms with Gasteiger partial charge in [0.1, 0.15) is 5.78 Å². The number of Topliss-reactive ketones (excluding diaryl/α,β-unsaturated/α-hetero) is 1. The summed E-state index contributed by atoms with van der Waals surface area (Å²) in [5, 5.41) is 0. The van der Waals surface area contributed by atoms with Crippen LogP contribution in [0.4, 0.5) is 0 Å².